The van der Waals surface area contributed by atoms with Crippen molar-refractivity contribution in [3.8, 4) is 0 Å². The summed E-state index contributed by atoms with van der Waals surface area (Å²) in [5.74, 6) is 0. The second kappa shape index (κ2) is 3.89. The van der Waals surface area contributed by atoms with Crippen molar-refractivity contribution >= 4 is 5.57 Å². The zero-order valence-electron chi connectivity index (χ0n) is 9.83. The van der Waals surface area contributed by atoms with E-state index < -0.39 is 5.66 Å². The summed E-state index contributed by atoms with van der Waals surface area (Å²) in [7, 11) is 0. The molecule has 0 saturated carbocycles. The number of hydrogen-bond acceptors (Lipinski definition) is 2. The van der Waals surface area contributed by atoms with Gasteiger partial charge in [0.25, 0.3) is 0 Å². The van der Waals surface area contributed by atoms with Crippen molar-refractivity contribution in [1.82, 2.24) is 0 Å². The fraction of sp³-hybridized carbons (Fsp3) is 0.286. The fourth-order valence-electron chi connectivity index (χ4n) is 2.15. The molecular formula is C14H18N2. The molecule has 0 atom stereocenters. The molecule has 16 heavy (non-hydrogen) atoms. The number of rotatable bonds is 1. The summed E-state index contributed by atoms with van der Waals surface area (Å²) in [6, 6.07) is 8.48. The van der Waals surface area contributed by atoms with Crippen molar-refractivity contribution < 1.29 is 0 Å². The average Bonchev–Trinajstić information content (AvgIpc) is 2.15. The molecule has 0 aliphatic heterocycles. The van der Waals surface area contributed by atoms with Crippen LogP contribution in [0.3, 0.4) is 0 Å². The van der Waals surface area contributed by atoms with E-state index in [1.807, 2.05) is 12.2 Å². The number of allylic oxidation sites excluding steroid dienone is 2. The highest BCUT2D eigenvalue weighted by molar-refractivity contribution is 5.78. The first kappa shape index (κ1) is 11.1. The van der Waals surface area contributed by atoms with Gasteiger partial charge >= 0.3 is 0 Å². The van der Waals surface area contributed by atoms with Crippen LogP contribution < -0.4 is 11.5 Å². The van der Waals surface area contributed by atoms with E-state index in [-0.39, 0.29) is 0 Å². The first-order chi connectivity index (χ1) is 7.48. The normalized spacial score (nSPS) is 19.0. The van der Waals surface area contributed by atoms with Crippen LogP contribution in [0.4, 0.5) is 0 Å². The Labute approximate surface area is 96.6 Å². The first-order valence-corrected chi connectivity index (χ1v) is 5.52. The van der Waals surface area contributed by atoms with Gasteiger partial charge < -0.3 is 11.5 Å². The molecule has 2 rings (SSSR count). The number of nitrogens with two attached hydrogens (primary N) is 2. The Hall–Kier alpha value is -1.38. The lowest BCUT2D eigenvalue weighted by Crippen LogP contribution is -2.48. The third-order valence-corrected chi connectivity index (χ3v) is 2.92. The molecular weight excluding hydrogens is 196 g/mol. The molecule has 2 nitrogen and oxygen atoms in total. The maximum atomic E-state index is 5.90. The van der Waals surface area contributed by atoms with E-state index in [2.05, 4.69) is 38.1 Å². The maximum absolute atomic E-state index is 5.90. The summed E-state index contributed by atoms with van der Waals surface area (Å²) in [6.45, 7) is 4.19. The molecule has 1 aromatic rings. The average molecular weight is 214 g/mol. The van der Waals surface area contributed by atoms with Gasteiger partial charge in [-0.2, -0.15) is 0 Å². The highest BCUT2D eigenvalue weighted by atomic mass is 14.9. The van der Waals surface area contributed by atoms with Crippen molar-refractivity contribution in [2.75, 3.05) is 0 Å². The maximum Gasteiger partial charge on any atom is 0.0869 e. The molecule has 4 N–H and O–H groups in total. The monoisotopic (exact) mass is 214 g/mol. The smallest absolute Gasteiger partial charge is 0.0869 e. The lowest BCUT2D eigenvalue weighted by molar-refractivity contribution is 0.543. The van der Waals surface area contributed by atoms with Crippen LogP contribution in [0.2, 0.25) is 0 Å². The summed E-state index contributed by atoms with van der Waals surface area (Å²) in [5, 5.41) is 0. The minimum atomic E-state index is -0.683. The molecule has 84 valence electrons. The molecule has 0 fully saturated rings. The van der Waals surface area contributed by atoms with Crippen LogP contribution >= 0.6 is 0 Å². The zero-order valence-corrected chi connectivity index (χ0v) is 9.83. The van der Waals surface area contributed by atoms with Gasteiger partial charge in [-0.1, -0.05) is 41.5 Å². The lowest BCUT2D eigenvalue weighted by Gasteiger charge is -2.26. The third kappa shape index (κ3) is 2.23. The van der Waals surface area contributed by atoms with E-state index in [9.17, 15) is 0 Å². The van der Waals surface area contributed by atoms with E-state index in [0.29, 0.717) is 6.42 Å². The Morgan fingerprint density at radius 2 is 1.94 bits per heavy atom. The van der Waals surface area contributed by atoms with Gasteiger partial charge in [-0.3, -0.25) is 0 Å². The molecule has 0 bridgehead atoms. The lowest BCUT2D eigenvalue weighted by atomic mass is 9.88. The molecule has 2 heteroatoms. The fourth-order valence-corrected chi connectivity index (χ4v) is 2.15. The van der Waals surface area contributed by atoms with Gasteiger partial charge in [-0.05, 0) is 31.1 Å². The molecule has 0 unspecified atom stereocenters. The van der Waals surface area contributed by atoms with Crippen molar-refractivity contribution in [3.05, 3.63) is 53.1 Å². The summed E-state index contributed by atoms with van der Waals surface area (Å²) in [6.07, 6.45) is 4.64. The van der Waals surface area contributed by atoms with Crippen molar-refractivity contribution in [2.45, 2.75) is 25.9 Å². The number of hydrogen-bond donors (Lipinski definition) is 2. The standard InChI is InChI=1S/C14H18N2/c1-10-4-3-5-12(8-10)13-6-7-14(15,16)9-11(13)2/h3-8H,9,15-16H2,1-2H3. The van der Waals surface area contributed by atoms with Gasteiger partial charge in [0.2, 0.25) is 0 Å². The Morgan fingerprint density at radius 3 is 2.56 bits per heavy atom. The Morgan fingerprint density at radius 1 is 1.19 bits per heavy atom. The highest BCUT2D eigenvalue weighted by Crippen LogP contribution is 2.29. The first-order valence-electron chi connectivity index (χ1n) is 5.52. The topological polar surface area (TPSA) is 52.0 Å². The molecule has 1 aliphatic rings. The highest BCUT2D eigenvalue weighted by Gasteiger charge is 2.21. The predicted octanol–water partition coefficient (Wildman–Crippen LogP) is 2.34. The minimum absolute atomic E-state index is 0.683. The molecule has 0 radical (unpaired) electrons. The molecule has 0 saturated heterocycles. The molecule has 0 aromatic heterocycles. The van der Waals surface area contributed by atoms with Crippen LogP contribution in [-0.4, -0.2) is 5.66 Å². The van der Waals surface area contributed by atoms with Crippen LogP contribution in [-0.2, 0) is 0 Å². The Bertz CT molecular complexity index is 467. The van der Waals surface area contributed by atoms with Crippen LogP contribution in [0, 0.1) is 6.92 Å². The Kier molecular flexibility index (Phi) is 2.70. The molecule has 0 spiro atoms. The van der Waals surface area contributed by atoms with Crippen molar-refractivity contribution in [1.29, 1.82) is 0 Å². The second-order valence-corrected chi connectivity index (χ2v) is 4.69. The molecule has 0 heterocycles. The van der Waals surface area contributed by atoms with Gasteiger partial charge in [0.05, 0.1) is 5.66 Å². The molecule has 0 amide bonds. The third-order valence-electron chi connectivity index (χ3n) is 2.92. The second-order valence-electron chi connectivity index (χ2n) is 4.69. The summed E-state index contributed by atoms with van der Waals surface area (Å²) in [4.78, 5) is 0. The van der Waals surface area contributed by atoms with Gasteiger partial charge in [0.15, 0.2) is 0 Å². The van der Waals surface area contributed by atoms with Crippen LogP contribution in [0.1, 0.15) is 24.5 Å². The molecule has 1 aliphatic carbocycles. The van der Waals surface area contributed by atoms with E-state index in [1.165, 1.54) is 22.3 Å². The van der Waals surface area contributed by atoms with Gasteiger partial charge in [-0.25, -0.2) is 0 Å². The van der Waals surface area contributed by atoms with Crippen molar-refractivity contribution in [3.63, 3.8) is 0 Å². The van der Waals surface area contributed by atoms with Gasteiger partial charge in [0, 0.05) is 6.42 Å². The van der Waals surface area contributed by atoms with E-state index in [4.69, 9.17) is 11.5 Å². The summed E-state index contributed by atoms with van der Waals surface area (Å²) >= 11 is 0. The zero-order chi connectivity index (χ0) is 11.8. The molecule has 1 aromatic carbocycles. The Balaban J connectivity index is 2.40. The van der Waals surface area contributed by atoms with Gasteiger partial charge in [-0.15, -0.1) is 0 Å². The van der Waals surface area contributed by atoms with E-state index in [0.717, 1.165) is 0 Å². The minimum Gasteiger partial charge on any atom is -0.310 e. The van der Waals surface area contributed by atoms with Crippen LogP contribution in [0.5, 0.6) is 0 Å². The predicted molar refractivity (Wildman–Crippen MR) is 68.6 cm³/mol. The van der Waals surface area contributed by atoms with Crippen molar-refractivity contribution in [2.24, 2.45) is 11.5 Å². The number of aryl methyl sites for hydroxylation is 1. The van der Waals surface area contributed by atoms with E-state index >= 15 is 0 Å². The number of benzene rings is 1. The largest absolute Gasteiger partial charge is 0.310 e. The SMILES string of the molecule is CC1=C(c2cccc(C)c2)C=CC(N)(N)C1. The van der Waals surface area contributed by atoms with E-state index in [1.54, 1.807) is 0 Å². The van der Waals surface area contributed by atoms with Crippen LogP contribution in [0.25, 0.3) is 5.57 Å². The summed E-state index contributed by atoms with van der Waals surface area (Å²) < 4.78 is 0. The quantitative estimate of drug-likeness (QED) is 0.705. The summed E-state index contributed by atoms with van der Waals surface area (Å²) in [5.41, 5.74) is 16.1. The van der Waals surface area contributed by atoms with Crippen LogP contribution in [0.15, 0.2) is 42.0 Å². The van der Waals surface area contributed by atoms with Gasteiger partial charge in [0.1, 0.15) is 0 Å².